The third kappa shape index (κ3) is 6.04. The number of anilines is 1. The molecule has 0 bridgehead atoms. The Balaban J connectivity index is 1.15. The number of nitrogens with one attached hydrogen (secondary N) is 1. The minimum atomic E-state index is -2.54. The molecule has 2 heterocycles. The molecule has 5 aromatic rings. The molecule has 1 aliphatic carbocycles. The van der Waals surface area contributed by atoms with Gasteiger partial charge in [-0.2, -0.15) is 16.9 Å². The van der Waals surface area contributed by atoms with E-state index in [1.807, 2.05) is 28.6 Å². The Labute approximate surface area is 277 Å². The fourth-order valence-electron chi connectivity index (χ4n) is 6.60. The third-order valence-electron chi connectivity index (χ3n) is 8.75. The maximum atomic E-state index is 13.8. The predicted octanol–water partition coefficient (Wildman–Crippen LogP) is 5.93. The number of benzene rings is 3. The monoisotopic (exact) mass is 649 g/mol. The van der Waals surface area contributed by atoms with Crippen molar-refractivity contribution in [1.29, 1.82) is 0 Å². The highest BCUT2D eigenvalue weighted by atomic mass is 32.2. The minimum Gasteiger partial charge on any atom is -0.407 e. The molecule has 1 aliphatic rings. The standard InChI is InChI=1S/C37H43N5O2SSi/c1-37(2,3)46(27-12-8-6-9-13-27,28-14-10-7-11-15-28)44-23-25-45-24-20-39-31-16-17-32-34-33(31)36(43)29-18-19-38-26-30(29)35(34)40-42(32)22-21-41(4)5/h6-19,26,39H,20-25H2,1-5H3. The largest absolute Gasteiger partial charge is 0.407 e. The fraction of sp³-hybridized carbons (Fsp3) is 0.324. The minimum absolute atomic E-state index is 0.0246. The molecule has 238 valence electrons. The molecule has 0 atom stereocenters. The van der Waals surface area contributed by atoms with Gasteiger partial charge in [0, 0.05) is 65.8 Å². The second kappa shape index (κ2) is 13.5. The van der Waals surface area contributed by atoms with Gasteiger partial charge in [0.1, 0.15) is 5.69 Å². The van der Waals surface area contributed by atoms with E-state index in [0.717, 1.165) is 59.0 Å². The first-order valence-corrected chi connectivity index (χ1v) is 19.0. The number of aromatic nitrogens is 3. The van der Waals surface area contributed by atoms with Crippen molar-refractivity contribution in [3.05, 3.63) is 102 Å². The Morgan fingerprint density at radius 1 is 0.913 bits per heavy atom. The lowest BCUT2D eigenvalue weighted by Gasteiger charge is -2.43. The molecule has 6 rings (SSSR count). The van der Waals surface area contributed by atoms with Crippen LogP contribution >= 0.6 is 11.8 Å². The summed E-state index contributed by atoms with van der Waals surface area (Å²) in [4.78, 5) is 20.3. The van der Waals surface area contributed by atoms with Gasteiger partial charge in [-0.25, -0.2) is 0 Å². The first kappa shape index (κ1) is 32.2. The van der Waals surface area contributed by atoms with Crippen LogP contribution < -0.4 is 15.7 Å². The van der Waals surface area contributed by atoms with Gasteiger partial charge in [-0.15, -0.1) is 0 Å². The van der Waals surface area contributed by atoms with E-state index in [0.29, 0.717) is 17.7 Å². The summed E-state index contributed by atoms with van der Waals surface area (Å²) >= 11 is 1.87. The molecule has 0 radical (unpaired) electrons. The van der Waals surface area contributed by atoms with E-state index in [4.69, 9.17) is 9.52 Å². The summed E-state index contributed by atoms with van der Waals surface area (Å²) in [5, 5.41) is 12.0. The van der Waals surface area contributed by atoms with Crippen LogP contribution in [-0.2, 0) is 11.0 Å². The molecule has 7 nitrogen and oxygen atoms in total. The molecule has 0 fully saturated rings. The highest BCUT2D eigenvalue weighted by Gasteiger charge is 2.50. The number of hydrogen-bond acceptors (Lipinski definition) is 7. The maximum absolute atomic E-state index is 13.8. The molecule has 0 saturated carbocycles. The van der Waals surface area contributed by atoms with Crippen LogP contribution in [0.2, 0.25) is 5.04 Å². The lowest BCUT2D eigenvalue weighted by Crippen LogP contribution is -2.66. The highest BCUT2D eigenvalue weighted by Crippen LogP contribution is 2.41. The number of thioether (sulfide) groups is 1. The van der Waals surface area contributed by atoms with Crippen molar-refractivity contribution in [3.63, 3.8) is 0 Å². The van der Waals surface area contributed by atoms with Crippen molar-refractivity contribution in [2.45, 2.75) is 32.4 Å². The quantitative estimate of drug-likeness (QED) is 0.123. The number of fused-ring (bicyclic) bond motifs is 2. The molecule has 0 amide bonds. The molecule has 2 aromatic heterocycles. The van der Waals surface area contributed by atoms with Crippen LogP contribution in [0, 0.1) is 0 Å². The lowest BCUT2D eigenvalue weighted by molar-refractivity contribution is 0.104. The van der Waals surface area contributed by atoms with E-state index >= 15 is 0 Å². The van der Waals surface area contributed by atoms with Crippen molar-refractivity contribution < 1.29 is 9.22 Å². The van der Waals surface area contributed by atoms with Gasteiger partial charge in [-0.05, 0) is 47.7 Å². The number of rotatable bonds is 13. The second-order valence-corrected chi connectivity index (χ2v) is 18.6. The van der Waals surface area contributed by atoms with Gasteiger partial charge in [0.15, 0.2) is 5.78 Å². The number of hydrogen-bond donors (Lipinski definition) is 1. The summed E-state index contributed by atoms with van der Waals surface area (Å²) in [7, 11) is 1.58. The third-order valence-corrected chi connectivity index (χ3v) is 14.7. The molecule has 0 saturated heterocycles. The van der Waals surface area contributed by atoms with E-state index < -0.39 is 8.32 Å². The van der Waals surface area contributed by atoms with Gasteiger partial charge in [0.2, 0.25) is 0 Å². The van der Waals surface area contributed by atoms with Crippen LogP contribution in [-0.4, -0.2) is 79.1 Å². The summed E-state index contributed by atoms with van der Waals surface area (Å²) in [6.45, 7) is 9.95. The molecular weight excluding hydrogens is 607 g/mol. The van der Waals surface area contributed by atoms with E-state index in [9.17, 15) is 4.79 Å². The molecule has 0 unspecified atom stereocenters. The predicted molar refractivity (Wildman–Crippen MR) is 194 cm³/mol. The van der Waals surface area contributed by atoms with Gasteiger partial charge in [-0.1, -0.05) is 81.4 Å². The molecule has 0 aliphatic heterocycles. The average Bonchev–Trinajstić information content (AvgIpc) is 3.43. The molecule has 3 aromatic carbocycles. The SMILES string of the molecule is CN(C)CCn1nc2c3c(c(NCCSCCO[Si](c4ccccc4)(c4ccccc4)C(C)(C)C)ccc31)C(=O)c1ccncc1-2. The summed E-state index contributed by atoms with van der Waals surface area (Å²) in [5.41, 5.74) is 4.85. The molecule has 46 heavy (non-hydrogen) atoms. The molecular formula is C37H43N5O2SSi. The number of nitrogens with zero attached hydrogens (tertiary/aromatic N) is 4. The van der Waals surface area contributed by atoms with Gasteiger partial charge in [0.05, 0.1) is 17.6 Å². The van der Waals surface area contributed by atoms with Gasteiger partial charge >= 0.3 is 0 Å². The van der Waals surface area contributed by atoms with E-state index in [1.165, 1.54) is 10.4 Å². The molecule has 1 N–H and O–H groups in total. The van der Waals surface area contributed by atoms with Crippen LogP contribution in [0.25, 0.3) is 22.2 Å². The van der Waals surface area contributed by atoms with E-state index in [1.54, 1.807) is 12.4 Å². The van der Waals surface area contributed by atoms with E-state index in [2.05, 4.69) is 117 Å². The van der Waals surface area contributed by atoms with E-state index in [-0.39, 0.29) is 10.8 Å². The Hall–Kier alpha value is -3.76. The van der Waals surface area contributed by atoms with Crippen LogP contribution in [0.1, 0.15) is 36.7 Å². The second-order valence-electron chi connectivity index (χ2n) is 13.1. The fourth-order valence-corrected chi connectivity index (χ4v) is 12.0. The lowest BCUT2D eigenvalue weighted by atomic mass is 9.87. The summed E-state index contributed by atoms with van der Waals surface area (Å²) < 4.78 is 9.08. The number of pyridine rings is 1. The van der Waals surface area contributed by atoms with Crippen LogP contribution in [0.3, 0.4) is 0 Å². The van der Waals surface area contributed by atoms with Crippen LogP contribution in [0.5, 0.6) is 0 Å². The Kier molecular flexibility index (Phi) is 9.47. The maximum Gasteiger partial charge on any atom is 0.261 e. The van der Waals surface area contributed by atoms with Crippen molar-refractivity contribution in [3.8, 4) is 11.3 Å². The normalized spacial score (nSPS) is 13.0. The first-order chi connectivity index (χ1) is 22.2. The van der Waals surface area contributed by atoms with Crippen molar-refractivity contribution >= 4 is 52.8 Å². The smallest absolute Gasteiger partial charge is 0.261 e. The molecule has 9 heteroatoms. The van der Waals surface area contributed by atoms with Crippen molar-refractivity contribution in [2.24, 2.45) is 0 Å². The van der Waals surface area contributed by atoms with Crippen molar-refractivity contribution in [1.82, 2.24) is 19.7 Å². The Bertz CT molecular complexity index is 1780. The van der Waals surface area contributed by atoms with Gasteiger partial charge < -0.3 is 14.6 Å². The number of carbonyl (C=O) groups excluding carboxylic acids is 1. The van der Waals surface area contributed by atoms with Crippen molar-refractivity contribution in [2.75, 3.05) is 50.6 Å². The average molecular weight is 650 g/mol. The van der Waals surface area contributed by atoms with Gasteiger partial charge in [0.25, 0.3) is 8.32 Å². The Morgan fingerprint density at radius 3 is 2.26 bits per heavy atom. The van der Waals surface area contributed by atoms with Gasteiger partial charge in [-0.3, -0.25) is 14.5 Å². The number of carbonyl (C=O) groups is 1. The first-order valence-electron chi connectivity index (χ1n) is 16.0. The topological polar surface area (TPSA) is 72.3 Å². The zero-order valence-electron chi connectivity index (χ0n) is 27.4. The number of likely N-dealkylation sites (N-methyl/N-ethyl adjacent to an activating group) is 1. The zero-order chi connectivity index (χ0) is 32.3. The number of ketones is 1. The highest BCUT2D eigenvalue weighted by molar-refractivity contribution is 7.99. The van der Waals surface area contributed by atoms with Crippen LogP contribution in [0.15, 0.2) is 91.3 Å². The summed E-state index contributed by atoms with van der Waals surface area (Å²) in [6.07, 6.45) is 3.45. The molecule has 0 spiro atoms. The summed E-state index contributed by atoms with van der Waals surface area (Å²) in [5.74, 6) is 1.81. The Morgan fingerprint density at radius 2 is 1.61 bits per heavy atom. The van der Waals surface area contributed by atoms with Crippen LogP contribution in [0.4, 0.5) is 5.69 Å². The zero-order valence-corrected chi connectivity index (χ0v) is 29.2. The summed E-state index contributed by atoms with van der Waals surface area (Å²) in [6, 6.07) is 27.5.